The number of rotatable bonds is 10. The fraction of sp³-hybridized carbons (Fsp3) is 0.160. The molecule has 0 aliphatic rings. The van der Waals surface area contributed by atoms with Crippen LogP contribution in [0.15, 0.2) is 85.2 Å². The van der Waals surface area contributed by atoms with Crippen molar-refractivity contribution in [2.75, 3.05) is 0 Å². The molecular formula is C25H25N3O4S. The molecule has 33 heavy (non-hydrogen) atoms. The van der Waals surface area contributed by atoms with Gasteiger partial charge < -0.3 is 21.5 Å². The fourth-order valence-electron chi connectivity index (χ4n) is 3.45. The molecule has 170 valence electrons. The van der Waals surface area contributed by atoms with E-state index in [4.69, 9.17) is 5.73 Å². The van der Waals surface area contributed by atoms with Crippen molar-refractivity contribution in [2.24, 2.45) is 5.73 Å². The van der Waals surface area contributed by atoms with Crippen LogP contribution in [0.5, 0.6) is 0 Å². The average molecular weight is 464 g/mol. The highest BCUT2D eigenvalue weighted by molar-refractivity contribution is 7.14. The second-order valence-electron chi connectivity index (χ2n) is 7.43. The van der Waals surface area contributed by atoms with Gasteiger partial charge in [-0.3, -0.25) is 9.59 Å². The highest BCUT2D eigenvalue weighted by Gasteiger charge is 2.24. The minimum Gasteiger partial charge on any atom is -0.480 e. The number of carbonyl (C=O) groups excluding carboxylic acids is 2. The van der Waals surface area contributed by atoms with Crippen LogP contribution in [0.1, 0.15) is 44.4 Å². The predicted octanol–water partition coefficient (Wildman–Crippen LogP) is 3.44. The zero-order valence-electron chi connectivity index (χ0n) is 17.9. The Kier molecular flexibility index (Phi) is 7.99. The normalized spacial score (nSPS) is 11.5. The van der Waals surface area contributed by atoms with Gasteiger partial charge in [0.1, 0.15) is 6.04 Å². The van der Waals surface area contributed by atoms with Gasteiger partial charge in [0.05, 0.1) is 10.7 Å². The van der Waals surface area contributed by atoms with Crippen LogP contribution in [0.4, 0.5) is 0 Å². The fourth-order valence-corrected chi connectivity index (χ4v) is 4.51. The molecule has 3 aromatic rings. The molecule has 0 spiro atoms. The predicted molar refractivity (Wildman–Crippen MR) is 128 cm³/mol. The van der Waals surface area contributed by atoms with Crippen LogP contribution < -0.4 is 16.4 Å². The second-order valence-corrected chi connectivity index (χ2v) is 8.55. The number of carboxylic acid groups (broad SMARTS) is 1. The monoisotopic (exact) mass is 463 g/mol. The first-order chi connectivity index (χ1) is 15.8. The number of benzene rings is 2. The van der Waals surface area contributed by atoms with Gasteiger partial charge in [-0.2, -0.15) is 0 Å². The van der Waals surface area contributed by atoms with Crippen molar-refractivity contribution in [3.63, 3.8) is 0 Å². The summed E-state index contributed by atoms with van der Waals surface area (Å²) in [4.78, 5) is 37.5. The molecule has 0 bridgehead atoms. The first kappa shape index (κ1) is 23.7. The van der Waals surface area contributed by atoms with Crippen LogP contribution >= 0.6 is 11.3 Å². The maximum atomic E-state index is 12.8. The highest BCUT2D eigenvalue weighted by Crippen LogP contribution is 2.36. The minimum absolute atomic E-state index is 0.0200. The second kappa shape index (κ2) is 11.1. The Morgan fingerprint density at radius 3 is 2.03 bits per heavy atom. The average Bonchev–Trinajstić information content (AvgIpc) is 3.27. The van der Waals surface area contributed by atoms with Gasteiger partial charge in [-0.25, -0.2) is 4.79 Å². The maximum Gasteiger partial charge on any atom is 0.326 e. The molecule has 7 nitrogen and oxygen atoms in total. The third-order valence-electron chi connectivity index (χ3n) is 4.96. The van der Waals surface area contributed by atoms with Crippen molar-refractivity contribution in [2.45, 2.75) is 24.8 Å². The first-order valence-corrected chi connectivity index (χ1v) is 11.1. The molecule has 1 atom stereocenters. The van der Waals surface area contributed by atoms with E-state index in [1.54, 1.807) is 6.07 Å². The summed E-state index contributed by atoms with van der Waals surface area (Å²) in [5.41, 5.74) is 7.50. The summed E-state index contributed by atoms with van der Waals surface area (Å²) >= 11 is 1.31. The molecular weight excluding hydrogens is 438 g/mol. The number of nitrogens with one attached hydrogen (secondary N) is 2. The molecule has 0 aliphatic heterocycles. The Morgan fingerprint density at radius 2 is 1.52 bits per heavy atom. The zero-order valence-corrected chi connectivity index (χ0v) is 18.7. The van der Waals surface area contributed by atoms with Gasteiger partial charge >= 0.3 is 5.97 Å². The third kappa shape index (κ3) is 6.54. The number of carbonyl (C=O) groups is 3. The largest absolute Gasteiger partial charge is 0.480 e. The molecule has 0 aliphatic carbocycles. The number of nitrogens with two attached hydrogens (primary N) is 1. The lowest BCUT2D eigenvalue weighted by molar-refractivity contribution is -0.139. The van der Waals surface area contributed by atoms with Gasteiger partial charge in [0.25, 0.3) is 5.91 Å². The Balaban J connectivity index is 1.77. The molecule has 0 radical (unpaired) electrons. The lowest BCUT2D eigenvalue weighted by Crippen LogP contribution is -2.41. The van der Waals surface area contributed by atoms with Gasteiger partial charge in [-0.05, 0) is 29.7 Å². The number of thiophene rings is 1. The molecule has 0 saturated heterocycles. The Bertz CT molecular complexity index is 1090. The van der Waals surface area contributed by atoms with E-state index < -0.39 is 23.8 Å². The lowest BCUT2D eigenvalue weighted by Gasteiger charge is -2.17. The molecule has 1 aromatic heterocycles. The van der Waals surface area contributed by atoms with Gasteiger partial charge in [0.15, 0.2) is 0 Å². The minimum atomic E-state index is -1.22. The SMILES string of the molecule is C=C(N)NC(=O)CCC(NC(=O)c1ccc(C(c2ccccc2)c2ccccc2)s1)C(=O)O. The summed E-state index contributed by atoms with van der Waals surface area (Å²) in [5.74, 6) is -2.25. The van der Waals surface area contributed by atoms with Crippen LogP contribution in [-0.4, -0.2) is 28.9 Å². The third-order valence-corrected chi connectivity index (χ3v) is 6.11. The van der Waals surface area contributed by atoms with Crippen molar-refractivity contribution < 1.29 is 19.5 Å². The molecule has 1 heterocycles. The van der Waals surface area contributed by atoms with Crippen molar-refractivity contribution in [3.8, 4) is 0 Å². The number of carboxylic acids is 1. The Hall–Kier alpha value is -3.91. The topological polar surface area (TPSA) is 122 Å². The summed E-state index contributed by atoms with van der Waals surface area (Å²) in [6.45, 7) is 3.37. The van der Waals surface area contributed by atoms with Crippen LogP contribution in [-0.2, 0) is 9.59 Å². The standard InChI is InChI=1S/C25H25N3O4S/c1-16(26)27-22(29)15-12-19(25(31)32)28-24(30)21-14-13-20(33-21)23(17-8-4-2-5-9-17)18-10-6-3-7-11-18/h2-11,13-14,19,23H,1,12,15,26H2,(H,27,29)(H,28,30)(H,31,32). The van der Waals surface area contributed by atoms with E-state index in [2.05, 4.69) is 17.2 Å². The molecule has 2 amide bonds. The van der Waals surface area contributed by atoms with Crippen molar-refractivity contribution in [1.82, 2.24) is 10.6 Å². The van der Waals surface area contributed by atoms with E-state index in [0.717, 1.165) is 16.0 Å². The van der Waals surface area contributed by atoms with Crippen LogP contribution in [0, 0.1) is 0 Å². The van der Waals surface area contributed by atoms with Gasteiger partial charge in [0, 0.05) is 17.2 Å². The van der Waals surface area contributed by atoms with E-state index in [-0.39, 0.29) is 24.6 Å². The molecule has 0 fully saturated rings. The Labute approximate surface area is 195 Å². The summed E-state index contributed by atoms with van der Waals surface area (Å²) in [6.07, 6.45) is -0.192. The molecule has 0 saturated carbocycles. The van der Waals surface area contributed by atoms with Gasteiger partial charge in [0.2, 0.25) is 5.91 Å². The lowest BCUT2D eigenvalue weighted by atomic mass is 9.90. The molecule has 2 aromatic carbocycles. The van der Waals surface area contributed by atoms with E-state index in [9.17, 15) is 19.5 Å². The quantitative estimate of drug-likeness (QED) is 0.367. The van der Waals surface area contributed by atoms with E-state index >= 15 is 0 Å². The van der Waals surface area contributed by atoms with Crippen molar-refractivity contribution in [1.29, 1.82) is 0 Å². The number of hydrogen-bond donors (Lipinski definition) is 4. The van der Waals surface area contributed by atoms with E-state index in [1.165, 1.54) is 11.3 Å². The summed E-state index contributed by atoms with van der Waals surface area (Å²) < 4.78 is 0. The number of aliphatic carboxylic acids is 1. The van der Waals surface area contributed by atoms with Gasteiger partial charge in [-0.1, -0.05) is 67.2 Å². The smallest absolute Gasteiger partial charge is 0.326 e. The Morgan fingerprint density at radius 1 is 0.939 bits per heavy atom. The van der Waals surface area contributed by atoms with Crippen LogP contribution in [0.2, 0.25) is 0 Å². The molecule has 1 unspecified atom stereocenters. The maximum absolute atomic E-state index is 12.8. The number of hydrogen-bond acceptors (Lipinski definition) is 5. The highest BCUT2D eigenvalue weighted by atomic mass is 32.1. The number of amides is 2. The van der Waals surface area contributed by atoms with E-state index in [0.29, 0.717) is 4.88 Å². The van der Waals surface area contributed by atoms with Gasteiger partial charge in [-0.15, -0.1) is 11.3 Å². The zero-order chi connectivity index (χ0) is 23.8. The van der Waals surface area contributed by atoms with Crippen LogP contribution in [0.25, 0.3) is 0 Å². The van der Waals surface area contributed by atoms with Crippen molar-refractivity contribution in [3.05, 3.63) is 106 Å². The summed E-state index contributed by atoms with van der Waals surface area (Å²) in [7, 11) is 0. The van der Waals surface area contributed by atoms with E-state index in [1.807, 2.05) is 66.7 Å². The summed E-state index contributed by atoms with van der Waals surface area (Å²) in [6, 6.07) is 22.3. The molecule has 5 N–H and O–H groups in total. The molecule has 3 rings (SSSR count). The first-order valence-electron chi connectivity index (χ1n) is 10.3. The summed E-state index contributed by atoms with van der Waals surface area (Å²) in [5, 5.41) is 14.3. The van der Waals surface area contributed by atoms with Crippen LogP contribution in [0.3, 0.4) is 0 Å². The van der Waals surface area contributed by atoms with Crippen molar-refractivity contribution >= 4 is 29.1 Å². The molecule has 8 heteroatoms.